The molecule has 0 unspecified atom stereocenters. The van der Waals surface area contributed by atoms with Gasteiger partial charge in [0.25, 0.3) is 0 Å². The number of halogens is 1. The molecule has 0 aliphatic rings. The van der Waals surface area contributed by atoms with E-state index in [1.54, 1.807) is 42.5 Å². The number of aromatic nitrogens is 4. The van der Waals surface area contributed by atoms with Gasteiger partial charge in [0.1, 0.15) is 12.3 Å². The molecule has 1 amide bonds. The molecule has 8 nitrogen and oxygen atoms in total. The maximum absolute atomic E-state index is 12.1. The summed E-state index contributed by atoms with van der Waals surface area (Å²) in [5, 5.41) is 15.3. The summed E-state index contributed by atoms with van der Waals surface area (Å²) in [7, 11) is 0. The fourth-order valence-electron chi connectivity index (χ4n) is 2.29. The van der Waals surface area contributed by atoms with Crippen molar-refractivity contribution in [2.24, 2.45) is 0 Å². The molecular formula is C17H17ClN6O2. The molecule has 1 aromatic heterocycles. The lowest BCUT2D eigenvalue weighted by molar-refractivity contribution is -0.117. The molecule has 2 aromatic carbocycles. The van der Waals surface area contributed by atoms with E-state index < -0.39 is 0 Å². The monoisotopic (exact) mass is 372 g/mol. The number of anilines is 2. The largest absolute Gasteiger partial charge is 0.494 e. The van der Waals surface area contributed by atoms with Crippen LogP contribution in [-0.2, 0) is 11.3 Å². The first kappa shape index (κ1) is 17.7. The standard InChI is InChI=1S/C17H17ClN6O2/c1-2-26-13-6-4-12(5-7-13)20-16(25)10-24-22-17(21-23-24)14-8-3-11(18)9-15(14)19/h3-9H,2,10,19H2,1H3,(H,20,25). The predicted octanol–water partition coefficient (Wildman–Crippen LogP) is 2.61. The number of carbonyl (C=O) groups is 1. The van der Waals surface area contributed by atoms with Crippen molar-refractivity contribution >= 4 is 28.9 Å². The summed E-state index contributed by atoms with van der Waals surface area (Å²) in [6.45, 7) is 2.42. The quantitative estimate of drug-likeness (QED) is 0.644. The number of nitrogens with two attached hydrogens (primary N) is 1. The number of nitrogens with one attached hydrogen (secondary N) is 1. The van der Waals surface area contributed by atoms with Crippen LogP contribution in [0, 0.1) is 0 Å². The van der Waals surface area contributed by atoms with E-state index in [4.69, 9.17) is 22.1 Å². The maximum Gasteiger partial charge on any atom is 0.248 e. The third-order valence-electron chi connectivity index (χ3n) is 3.44. The van der Waals surface area contributed by atoms with Crippen LogP contribution in [0.25, 0.3) is 11.4 Å². The molecule has 0 fully saturated rings. The van der Waals surface area contributed by atoms with Crippen LogP contribution in [0.1, 0.15) is 6.92 Å². The van der Waals surface area contributed by atoms with Crippen molar-refractivity contribution in [3.8, 4) is 17.1 Å². The van der Waals surface area contributed by atoms with Crippen molar-refractivity contribution in [2.45, 2.75) is 13.5 Å². The average molecular weight is 373 g/mol. The Morgan fingerprint density at radius 3 is 2.73 bits per heavy atom. The number of ether oxygens (including phenoxy) is 1. The smallest absolute Gasteiger partial charge is 0.248 e. The lowest BCUT2D eigenvalue weighted by Crippen LogP contribution is -2.20. The molecule has 3 rings (SSSR count). The van der Waals surface area contributed by atoms with Crippen LogP contribution in [0.15, 0.2) is 42.5 Å². The Morgan fingerprint density at radius 2 is 2.04 bits per heavy atom. The molecule has 26 heavy (non-hydrogen) atoms. The highest BCUT2D eigenvalue weighted by Crippen LogP contribution is 2.25. The van der Waals surface area contributed by atoms with E-state index in [9.17, 15) is 4.79 Å². The number of tetrazole rings is 1. The van der Waals surface area contributed by atoms with E-state index in [0.29, 0.717) is 34.4 Å². The highest BCUT2D eigenvalue weighted by molar-refractivity contribution is 6.31. The number of nitrogen functional groups attached to an aromatic ring is 1. The average Bonchev–Trinajstić information content (AvgIpc) is 3.05. The Balaban J connectivity index is 1.64. The third-order valence-corrected chi connectivity index (χ3v) is 3.68. The molecule has 0 atom stereocenters. The van der Waals surface area contributed by atoms with Gasteiger partial charge in [0.15, 0.2) is 0 Å². The highest BCUT2D eigenvalue weighted by Gasteiger charge is 2.12. The second-order valence-electron chi connectivity index (χ2n) is 5.38. The molecule has 3 aromatic rings. The normalized spacial score (nSPS) is 10.5. The van der Waals surface area contributed by atoms with Gasteiger partial charge in [-0.05, 0) is 54.6 Å². The minimum atomic E-state index is -0.276. The molecule has 0 bridgehead atoms. The van der Waals surface area contributed by atoms with E-state index in [-0.39, 0.29) is 12.5 Å². The molecular weight excluding hydrogens is 356 g/mol. The van der Waals surface area contributed by atoms with Crippen molar-refractivity contribution in [3.63, 3.8) is 0 Å². The first-order valence-corrected chi connectivity index (χ1v) is 8.29. The minimum absolute atomic E-state index is 0.0757. The zero-order valence-electron chi connectivity index (χ0n) is 14.0. The number of benzene rings is 2. The predicted molar refractivity (Wildman–Crippen MR) is 98.9 cm³/mol. The summed E-state index contributed by atoms with van der Waals surface area (Å²) in [5.41, 5.74) is 7.61. The van der Waals surface area contributed by atoms with Gasteiger partial charge < -0.3 is 15.8 Å². The summed E-state index contributed by atoms with van der Waals surface area (Å²) >= 11 is 5.88. The number of hydrogen-bond acceptors (Lipinski definition) is 6. The Hall–Kier alpha value is -3.13. The lowest BCUT2D eigenvalue weighted by Gasteiger charge is -2.06. The molecule has 1 heterocycles. The highest BCUT2D eigenvalue weighted by atomic mass is 35.5. The third kappa shape index (κ3) is 4.28. The van der Waals surface area contributed by atoms with E-state index in [0.717, 1.165) is 5.75 Å². The number of carbonyl (C=O) groups excluding carboxylic acids is 1. The minimum Gasteiger partial charge on any atom is -0.494 e. The summed E-state index contributed by atoms with van der Waals surface area (Å²) in [5.74, 6) is 0.795. The fraction of sp³-hybridized carbons (Fsp3) is 0.176. The van der Waals surface area contributed by atoms with Crippen molar-refractivity contribution in [1.29, 1.82) is 0 Å². The van der Waals surface area contributed by atoms with E-state index >= 15 is 0 Å². The summed E-state index contributed by atoms with van der Waals surface area (Å²) in [4.78, 5) is 13.3. The summed E-state index contributed by atoms with van der Waals surface area (Å²) in [6.07, 6.45) is 0. The van der Waals surface area contributed by atoms with Crippen molar-refractivity contribution in [1.82, 2.24) is 20.2 Å². The number of nitrogens with zero attached hydrogens (tertiary/aromatic N) is 4. The molecule has 0 saturated heterocycles. The van der Waals surface area contributed by atoms with E-state index in [1.807, 2.05) is 6.92 Å². The molecule has 0 saturated carbocycles. The Labute approximate surface area is 154 Å². The first-order chi connectivity index (χ1) is 12.5. The van der Waals surface area contributed by atoms with Gasteiger partial charge in [-0.1, -0.05) is 11.6 Å². The Kier molecular flexibility index (Phi) is 5.33. The number of hydrogen-bond donors (Lipinski definition) is 2. The van der Waals surface area contributed by atoms with Crippen LogP contribution in [0.3, 0.4) is 0 Å². The van der Waals surface area contributed by atoms with Crippen LogP contribution in [0.4, 0.5) is 11.4 Å². The molecule has 0 radical (unpaired) electrons. The molecule has 0 spiro atoms. The van der Waals surface area contributed by atoms with Crippen LogP contribution in [-0.4, -0.2) is 32.7 Å². The Morgan fingerprint density at radius 1 is 1.27 bits per heavy atom. The van der Waals surface area contributed by atoms with Gasteiger partial charge in [0, 0.05) is 22.0 Å². The molecule has 9 heteroatoms. The van der Waals surface area contributed by atoms with Crippen LogP contribution in [0.2, 0.25) is 5.02 Å². The van der Waals surface area contributed by atoms with Crippen molar-refractivity contribution in [2.75, 3.05) is 17.7 Å². The van der Waals surface area contributed by atoms with Gasteiger partial charge in [-0.2, -0.15) is 4.80 Å². The molecule has 3 N–H and O–H groups in total. The number of amides is 1. The zero-order valence-corrected chi connectivity index (χ0v) is 14.8. The van der Waals surface area contributed by atoms with Gasteiger partial charge in [-0.3, -0.25) is 4.79 Å². The van der Waals surface area contributed by atoms with Gasteiger partial charge in [-0.25, -0.2) is 0 Å². The molecule has 0 aliphatic heterocycles. The van der Waals surface area contributed by atoms with Gasteiger partial charge in [0.2, 0.25) is 11.7 Å². The fourth-order valence-corrected chi connectivity index (χ4v) is 2.47. The molecule has 0 aliphatic carbocycles. The first-order valence-electron chi connectivity index (χ1n) is 7.91. The van der Waals surface area contributed by atoms with E-state index in [1.165, 1.54) is 4.80 Å². The zero-order chi connectivity index (χ0) is 18.5. The Bertz CT molecular complexity index is 910. The van der Waals surface area contributed by atoms with Crippen molar-refractivity contribution < 1.29 is 9.53 Å². The second kappa shape index (κ2) is 7.83. The van der Waals surface area contributed by atoms with E-state index in [2.05, 4.69) is 20.7 Å². The van der Waals surface area contributed by atoms with Gasteiger partial charge in [-0.15, -0.1) is 10.2 Å². The van der Waals surface area contributed by atoms with Gasteiger partial charge in [0.05, 0.1) is 6.61 Å². The molecule has 134 valence electrons. The summed E-state index contributed by atoms with van der Waals surface area (Å²) in [6, 6.07) is 12.1. The summed E-state index contributed by atoms with van der Waals surface area (Å²) < 4.78 is 5.36. The van der Waals surface area contributed by atoms with Crippen LogP contribution < -0.4 is 15.8 Å². The van der Waals surface area contributed by atoms with Gasteiger partial charge >= 0.3 is 0 Å². The lowest BCUT2D eigenvalue weighted by atomic mass is 10.2. The van der Waals surface area contributed by atoms with Crippen molar-refractivity contribution in [3.05, 3.63) is 47.5 Å². The maximum atomic E-state index is 12.1. The van der Waals surface area contributed by atoms with Crippen LogP contribution in [0.5, 0.6) is 5.75 Å². The second-order valence-corrected chi connectivity index (χ2v) is 5.82. The SMILES string of the molecule is CCOc1ccc(NC(=O)Cn2nnc(-c3ccc(Cl)cc3N)n2)cc1. The topological polar surface area (TPSA) is 108 Å². The number of rotatable bonds is 6. The van der Waals surface area contributed by atoms with Crippen LogP contribution >= 0.6 is 11.6 Å².